The number of nitriles is 1. The normalized spacial score (nSPS) is 10.3. The van der Waals surface area contributed by atoms with Gasteiger partial charge in [-0.3, -0.25) is 0 Å². The molecule has 0 saturated carbocycles. The van der Waals surface area contributed by atoms with Gasteiger partial charge < -0.3 is 10.4 Å². The van der Waals surface area contributed by atoms with Gasteiger partial charge in [-0.2, -0.15) is 10.6 Å². The lowest BCUT2D eigenvalue weighted by Crippen LogP contribution is -2.44. The van der Waals surface area contributed by atoms with Gasteiger partial charge in [-0.1, -0.05) is 12.1 Å². The van der Waals surface area contributed by atoms with E-state index in [0.717, 1.165) is 12.1 Å². The van der Waals surface area contributed by atoms with Crippen LogP contribution >= 0.6 is 0 Å². The highest BCUT2D eigenvalue weighted by molar-refractivity contribution is 6.03. The number of hydrogen-bond donors (Lipinski definition) is 1. The SMILES string of the molecule is N#Cc1c(NC(=O)c2ccc(F)cc2)[n+]([O-])c2ccccc2[n+]1[O-]. The molecule has 0 saturated heterocycles. The number of para-hydroxylation sites is 2. The number of benzene rings is 2. The molecule has 0 radical (unpaired) electrons. The van der Waals surface area contributed by atoms with Gasteiger partial charge in [-0.05, 0) is 30.3 Å². The van der Waals surface area contributed by atoms with Crippen LogP contribution in [-0.2, 0) is 0 Å². The molecule has 1 amide bonds. The summed E-state index contributed by atoms with van der Waals surface area (Å²) in [7, 11) is 0. The standard InChI is InChI=1S/C16H9FN4O3/c17-11-7-5-10(6-8-11)16(22)19-15-14(9-18)20(23)12-3-1-2-4-13(12)21(15)24/h1-8H,(H,19,22). The summed E-state index contributed by atoms with van der Waals surface area (Å²) in [6.45, 7) is 0. The summed E-state index contributed by atoms with van der Waals surface area (Å²) in [4.78, 5) is 12.2. The van der Waals surface area contributed by atoms with E-state index in [2.05, 4.69) is 5.32 Å². The zero-order valence-corrected chi connectivity index (χ0v) is 12.1. The minimum Gasteiger partial charge on any atom is -0.710 e. The molecule has 0 aliphatic rings. The van der Waals surface area contributed by atoms with E-state index in [4.69, 9.17) is 0 Å². The predicted molar refractivity (Wildman–Crippen MR) is 80.9 cm³/mol. The van der Waals surface area contributed by atoms with Crippen molar-refractivity contribution in [1.82, 2.24) is 0 Å². The minimum absolute atomic E-state index is 0.000839. The lowest BCUT2D eigenvalue weighted by Gasteiger charge is -2.12. The third-order valence-electron chi connectivity index (χ3n) is 3.39. The Morgan fingerprint density at radius 2 is 1.62 bits per heavy atom. The predicted octanol–water partition coefficient (Wildman–Crippen LogP) is 1.37. The Morgan fingerprint density at radius 3 is 2.21 bits per heavy atom. The van der Waals surface area contributed by atoms with Crippen LogP contribution in [0.3, 0.4) is 0 Å². The first-order valence-electron chi connectivity index (χ1n) is 6.78. The molecule has 7 nitrogen and oxygen atoms in total. The fraction of sp³-hybridized carbons (Fsp3) is 0. The molecule has 2 aromatic carbocycles. The Kier molecular flexibility index (Phi) is 3.67. The van der Waals surface area contributed by atoms with Crippen LogP contribution in [0.15, 0.2) is 48.5 Å². The van der Waals surface area contributed by atoms with Gasteiger partial charge in [0.2, 0.25) is 5.52 Å². The molecule has 3 rings (SSSR count). The smallest absolute Gasteiger partial charge is 0.386 e. The molecule has 24 heavy (non-hydrogen) atoms. The zero-order valence-electron chi connectivity index (χ0n) is 12.1. The fourth-order valence-corrected chi connectivity index (χ4v) is 2.23. The molecule has 1 aromatic heterocycles. The number of anilines is 1. The van der Waals surface area contributed by atoms with Crippen molar-refractivity contribution >= 4 is 22.8 Å². The number of amides is 1. The van der Waals surface area contributed by atoms with Crippen LogP contribution in [0.2, 0.25) is 0 Å². The van der Waals surface area contributed by atoms with Gasteiger partial charge in [0.15, 0.2) is 6.07 Å². The van der Waals surface area contributed by atoms with Gasteiger partial charge >= 0.3 is 17.4 Å². The maximum Gasteiger partial charge on any atom is 0.386 e. The van der Waals surface area contributed by atoms with Crippen LogP contribution in [0.1, 0.15) is 16.1 Å². The summed E-state index contributed by atoms with van der Waals surface area (Å²) >= 11 is 0. The molecule has 1 heterocycles. The quantitative estimate of drug-likeness (QED) is 0.567. The third-order valence-corrected chi connectivity index (χ3v) is 3.39. The summed E-state index contributed by atoms with van der Waals surface area (Å²) in [6.07, 6.45) is 0. The van der Waals surface area contributed by atoms with Crippen molar-refractivity contribution in [2.75, 3.05) is 5.32 Å². The average Bonchev–Trinajstić information content (AvgIpc) is 2.60. The van der Waals surface area contributed by atoms with Crippen molar-refractivity contribution in [3.05, 3.63) is 76.0 Å². The van der Waals surface area contributed by atoms with Crippen molar-refractivity contribution in [1.29, 1.82) is 5.26 Å². The number of nitrogens with zero attached hydrogens (tertiary/aromatic N) is 3. The molecule has 0 fully saturated rings. The van der Waals surface area contributed by atoms with Crippen LogP contribution < -0.4 is 14.8 Å². The van der Waals surface area contributed by atoms with Crippen molar-refractivity contribution in [2.24, 2.45) is 0 Å². The Labute approximate surface area is 135 Å². The Morgan fingerprint density at radius 1 is 1.04 bits per heavy atom. The molecule has 8 heteroatoms. The summed E-state index contributed by atoms with van der Waals surface area (Å²) in [6, 6.07) is 12.1. The molecule has 118 valence electrons. The topological polar surface area (TPSA) is 107 Å². The highest BCUT2D eigenvalue weighted by Gasteiger charge is 2.29. The van der Waals surface area contributed by atoms with E-state index in [1.165, 1.54) is 24.3 Å². The van der Waals surface area contributed by atoms with Crippen molar-refractivity contribution in [3.8, 4) is 6.07 Å². The van der Waals surface area contributed by atoms with Gasteiger partial charge in [0.05, 0.1) is 5.56 Å². The molecule has 0 unspecified atom stereocenters. The highest BCUT2D eigenvalue weighted by Crippen LogP contribution is 2.14. The van der Waals surface area contributed by atoms with Crippen molar-refractivity contribution in [3.63, 3.8) is 0 Å². The lowest BCUT2D eigenvalue weighted by molar-refractivity contribution is -0.620. The second-order valence-electron chi connectivity index (χ2n) is 4.85. The van der Waals surface area contributed by atoms with Crippen LogP contribution in [0.4, 0.5) is 10.2 Å². The summed E-state index contributed by atoms with van der Waals surface area (Å²) in [5.74, 6) is -1.75. The first kappa shape index (κ1) is 15.2. The summed E-state index contributed by atoms with van der Waals surface area (Å²) < 4.78 is 13.5. The number of carbonyl (C=O) groups is 1. The van der Waals surface area contributed by atoms with Crippen molar-refractivity contribution in [2.45, 2.75) is 0 Å². The molecular weight excluding hydrogens is 315 g/mol. The Bertz CT molecular complexity index is 997. The maximum absolute atomic E-state index is 12.9. The average molecular weight is 324 g/mol. The molecule has 0 atom stereocenters. The van der Waals surface area contributed by atoms with Gasteiger partial charge in [0.25, 0.3) is 5.52 Å². The molecule has 3 aromatic rings. The summed E-state index contributed by atoms with van der Waals surface area (Å²) in [5.41, 5.74) is -0.463. The Hall–Kier alpha value is -3.73. The van der Waals surface area contributed by atoms with Gasteiger partial charge in [0, 0.05) is 6.07 Å². The molecule has 0 spiro atoms. The number of hydrogen-bond acceptors (Lipinski definition) is 4. The Balaban J connectivity index is 2.12. The zero-order chi connectivity index (χ0) is 17.3. The second-order valence-corrected chi connectivity index (χ2v) is 4.85. The third kappa shape index (κ3) is 2.44. The van der Waals surface area contributed by atoms with E-state index in [0.29, 0.717) is 4.73 Å². The van der Waals surface area contributed by atoms with Gasteiger partial charge in [0.1, 0.15) is 5.82 Å². The molecule has 1 N–H and O–H groups in total. The monoisotopic (exact) mass is 324 g/mol. The first-order valence-corrected chi connectivity index (χ1v) is 6.78. The number of halogens is 1. The van der Waals surface area contributed by atoms with E-state index in [-0.39, 0.29) is 21.3 Å². The molecule has 0 bridgehead atoms. The van der Waals surface area contributed by atoms with E-state index < -0.39 is 23.2 Å². The minimum atomic E-state index is -0.744. The maximum atomic E-state index is 12.9. The molecule has 0 aliphatic carbocycles. The number of fused-ring (bicyclic) bond motifs is 1. The van der Waals surface area contributed by atoms with Crippen molar-refractivity contribution < 1.29 is 18.6 Å². The number of nitrogens with one attached hydrogen (secondary N) is 1. The van der Waals surface area contributed by atoms with E-state index in [9.17, 15) is 24.9 Å². The van der Waals surface area contributed by atoms with Crippen LogP contribution in [-0.4, -0.2) is 5.91 Å². The number of rotatable bonds is 2. The molecular formula is C16H9FN4O3. The van der Waals surface area contributed by atoms with E-state index in [1.807, 2.05) is 0 Å². The fourth-order valence-electron chi connectivity index (χ4n) is 2.23. The highest BCUT2D eigenvalue weighted by atomic mass is 19.1. The second kappa shape index (κ2) is 5.81. The van der Waals surface area contributed by atoms with Crippen LogP contribution in [0, 0.1) is 27.6 Å². The molecule has 0 aliphatic heterocycles. The van der Waals surface area contributed by atoms with E-state index in [1.54, 1.807) is 18.2 Å². The van der Waals surface area contributed by atoms with Crippen LogP contribution in [0.5, 0.6) is 0 Å². The first-order chi connectivity index (χ1) is 11.5. The lowest BCUT2D eigenvalue weighted by atomic mass is 10.2. The van der Waals surface area contributed by atoms with Crippen LogP contribution in [0.25, 0.3) is 11.0 Å². The van der Waals surface area contributed by atoms with E-state index >= 15 is 0 Å². The van der Waals surface area contributed by atoms with Gasteiger partial charge in [-0.25, -0.2) is 13.9 Å². The number of carbonyl (C=O) groups excluding carboxylic acids is 1. The largest absolute Gasteiger partial charge is 0.710 e. The summed E-state index contributed by atoms with van der Waals surface area (Å²) in [5, 5.41) is 36.1. The number of aromatic nitrogens is 2. The van der Waals surface area contributed by atoms with Gasteiger partial charge in [-0.15, -0.1) is 4.73 Å².